The first-order valence-corrected chi connectivity index (χ1v) is 5.26. The Kier molecular flexibility index (Phi) is 4.06. The first-order valence-electron chi connectivity index (χ1n) is 5.26. The predicted molar refractivity (Wildman–Crippen MR) is 53.6 cm³/mol. The summed E-state index contributed by atoms with van der Waals surface area (Å²) in [7, 11) is 0. The Morgan fingerprint density at radius 1 is 1.46 bits per heavy atom. The topological polar surface area (TPSA) is 41.1 Å². The Labute approximate surface area is 80.3 Å². The lowest BCUT2D eigenvalue weighted by molar-refractivity contribution is 0.237. The number of nitrogens with one attached hydrogen (secondary N) is 2. The van der Waals surface area contributed by atoms with Gasteiger partial charge in [-0.25, -0.2) is 4.79 Å². The molecular weight excluding hydrogens is 164 g/mol. The van der Waals surface area contributed by atoms with Crippen LogP contribution >= 0.6 is 0 Å². The van der Waals surface area contributed by atoms with Crippen LogP contribution in [0, 0.1) is 5.92 Å². The van der Waals surface area contributed by atoms with Crippen LogP contribution in [0.2, 0.25) is 0 Å². The molecule has 0 aromatic carbocycles. The highest BCUT2D eigenvalue weighted by atomic mass is 16.2. The van der Waals surface area contributed by atoms with E-state index in [2.05, 4.69) is 24.5 Å². The average Bonchev–Trinajstić information content (AvgIpc) is 2.48. The normalized spacial score (nSPS) is 27.2. The zero-order valence-electron chi connectivity index (χ0n) is 8.60. The van der Waals surface area contributed by atoms with Crippen molar-refractivity contribution in [3.8, 4) is 0 Å². The molecule has 1 aliphatic carbocycles. The summed E-state index contributed by atoms with van der Waals surface area (Å²) in [6, 6.07) is 0.410. The molecule has 1 saturated carbocycles. The molecule has 13 heavy (non-hydrogen) atoms. The SMILES string of the molecule is CCCNC(=O)NC1CCC(C)C1. The lowest BCUT2D eigenvalue weighted by Crippen LogP contribution is -2.41. The van der Waals surface area contributed by atoms with E-state index in [1.54, 1.807) is 0 Å². The van der Waals surface area contributed by atoms with Gasteiger partial charge < -0.3 is 10.6 Å². The van der Waals surface area contributed by atoms with Crippen molar-refractivity contribution in [1.29, 1.82) is 0 Å². The number of hydrogen-bond acceptors (Lipinski definition) is 1. The van der Waals surface area contributed by atoms with Crippen LogP contribution in [-0.4, -0.2) is 18.6 Å². The summed E-state index contributed by atoms with van der Waals surface area (Å²) in [5.41, 5.74) is 0. The third kappa shape index (κ3) is 3.66. The first-order chi connectivity index (χ1) is 6.22. The van der Waals surface area contributed by atoms with Gasteiger partial charge in [0.1, 0.15) is 0 Å². The van der Waals surface area contributed by atoms with E-state index in [-0.39, 0.29) is 6.03 Å². The second-order valence-electron chi connectivity index (χ2n) is 4.02. The van der Waals surface area contributed by atoms with Gasteiger partial charge in [-0.1, -0.05) is 13.8 Å². The van der Waals surface area contributed by atoms with Crippen LogP contribution in [0.25, 0.3) is 0 Å². The Balaban J connectivity index is 2.13. The van der Waals surface area contributed by atoms with Crippen molar-refractivity contribution in [3.05, 3.63) is 0 Å². The van der Waals surface area contributed by atoms with Crippen molar-refractivity contribution in [2.75, 3.05) is 6.54 Å². The molecule has 2 atom stereocenters. The molecule has 1 aliphatic rings. The molecule has 3 nitrogen and oxygen atoms in total. The number of rotatable bonds is 3. The molecule has 0 bridgehead atoms. The van der Waals surface area contributed by atoms with Gasteiger partial charge in [-0.15, -0.1) is 0 Å². The fourth-order valence-electron chi connectivity index (χ4n) is 1.81. The Morgan fingerprint density at radius 2 is 2.23 bits per heavy atom. The molecule has 2 unspecified atom stereocenters. The molecule has 76 valence electrons. The van der Waals surface area contributed by atoms with Crippen LogP contribution < -0.4 is 10.6 Å². The Bertz CT molecular complexity index is 170. The maximum absolute atomic E-state index is 11.2. The van der Waals surface area contributed by atoms with Gasteiger partial charge in [-0.2, -0.15) is 0 Å². The van der Waals surface area contributed by atoms with Crippen LogP contribution in [0.1, 0.15) is 39.5 Å². The average molecular weight is 184 g/mol. The minimum absolute atomic E-state index is 0.000880. The highest BCUT2D eigenvalue weighted by molar-refractivity contribution is 5.74. The van der Waals surface area contributed by atoms with Crippen molar-refractivity contribution < 1.29 is 4.79 Å². The van der Waals surface area contributed by atoms with Gasteiger partial charge in [0.15, 0.2) is 0 Å². The number of urea groups is 1. The maximum Gasteiger partial charge on any atom is 0.315 e. The van der Waals surface area contributed by atoms with Gasteiger partial charge in [-0.3, -0.25) is 0 Å². The van der Waals surface area contributed by atoms with E-state index in [1.807, 2.05) is 0 Å². The molecule has 3 heteroatoms. The zero-order valence-corrected chi connectivity index (χ0v) is 8.60. The quantitative estimate of drug-likeness (QED) is 0.691. The van der Waals surface area contributed by atoms with Crippen molar-refractivity contribution in [2.45, 2.75) is 45.6 Å². The Morgan fingerprint density at radius 3 is 2.77 bits per heavy atom. The summed E-state index contributed by atoms with van der Waals surface area (Å²) >= 11 is 0. The summed E-state index contributed by atoms with van der Waals surface area (Å²) in [6.45, 7) is 5.07. The van der Waals surface area contributed by atoms with Gasteiger partial charge in [-0.05, 0) is 31.6 Å². The van der Waals surface area contributed by atoms with Crippen molar-refractivity contribution in [2.24, 2.45) is 5.92 Å². The highest BCUT2D eigenvalue weighted by Crippen LogP contribution is 2.24. The van der Waals surface area contributed by atoms with E-state index in [9.17, 15) is 4.79 Å². The standard InChI is InChI=1S/C10H20N2O/c1-3-6-11-10(13)12-9-5-4-8(2)7-9/h8-9H,3-7H2,1-2H3,(H2,11,12,13). The van der Waals surface area contributed by atoms with Gasteiger partial charge >= 0.3 is 6.03 Å². The van der Waals surface area contributed by atoms with E-state index in [4.69, 9.17) is 0 Å². The summed E-state index contributed by atoms with van der Waals surface area (Å²) < 4.78 is 0. The van der Waals surface area contributed by atoms with E-state index in [1.165, 1.54) is 6.42 Å². The highest BCUT2D eigenvalue weighted by Gasteiger charge is 2.22. The van der Waals surface area contributed by atoms with Crippen LogP contribution in [0.3, 0.4) is 0 Å². The van der Waals surface area contributed by atoms with Crippen LogP contribution in [0.4, 0.5) is 4.79 Å². The van der Waals surface area contributed by atoms with E-state index < -0.39 is 0 Å². The minimum Gasteiger partial charge on any atom is -0.338 e. The number of hydrogen-bond donors (Lipinski definition) is 2. The molecule has 0 aromatic rings. The third-order valence-electron chi connectivity index (χ3n) is 2.57. The second kappa shape index (κ2) is 5.10. The molecule has 1 fully saturated rings. The second-order valence-corrected chi connectivity index (χ2v) is 4.02. The molecule has 0 radical (unpaired) electrons. The van der Waals surface area contributed by atoms with Crippen LogP contribution in [-0.2, 0) is 0 Å². The summed E-state index contributed by atoms with van der Waals surface area (Å²) in [6.07, 6.45) is 4.52. The summed E-state index contributed by atoms with van der Waals surface area (Å²) in [5, 5.41) is 5.82. The first kappa shape index (κ1) is 10.4. The van der Waals surface area contributed by atoms with E-state index in [0.717, 1.165) is 31.7 Å². The van der Waals surface area contributed by atoms with Crippen molar-refractivity contribution >= 4 is 6.03 Å². The largest absolute Gasteiger partial charge is 0.338 e. The number of carbonyl (C=O) groups is 1. The molecule has 2 amide bonds. The summed E-state index contributed by atoms with van der Waals surface area (Å²) in [5.74, 6) is 0.775. The van der Waals surface area contributed by atoms with Crippen LogP contribution in [0.5, 0.6) is 0 Å². The third-order valence-corrected chi connectivity index (χ3v) is 2.57. The van der Waals surface area contributed by atoms with Gasteiger partial charge in [0.05, 0.1) is 0 Å². The molecule has 2 N–H and O–H groups in total. The lowest BCUT2D eigenvalue weighted by atomic mass is 10.1. The molecule has 0 spiro atoms. The summed E-state index contributed by atoms with van der Waals surface area (Å²) in [4.78, 5) is 11.2. The molecule has 0 saturated heterocycles. The van der Waals surface area contributed by atoms with E-state index >= 15 is 0 Å². The predicted octanol–water partition coefficient (Wildman–Crippen LogP) is 1.88. The van der Waals surface area contributed by atoms with Crippen LogP contribution in [0.15, 0.2) is 0 Å². The number of carbonyl (C=O) groups excluding carboxylic acids is 1. The Hall–Kier alpha value is -0.730. The molecular formula is C10H20N2O. The maximum atomic E-state index is 11.2. The molecule has 1 rings (SSSR count). The van der Waals surface area contributed by atoms with Gasteiger partial charge in [0.25, 0.3) is 0 Å². The fourth-order valence-corrected chi connectivity index (χ4v) is 1.81. The zero-order chi connectivity index (χ0) is 9.68. The van der Waals surface area contributed by atoms with Gasteiger partial charge in [0, 0.05) is 12.6 Å². The minimum atomic E-state index is 0.000880. The number of amides is 2. The molecule has 0 heterocycles. The fraction of sp³-hybridized carbons (Fsp3) is 0.900. The van der Waals surface area contributed by atoms with Crippen molar-refractivity contribution in [3.63, 3.8) is 0 Å². The smallest absolute Gasteiger partial charge is 0.315 e. The van der Waals surface area contributed by atoms with Crippen molar-refractivity contribution in [1.82, 2.24) is 10.6 Å². The van der Waals surface area contributed by atoms with E-state index in [0.29, 0.717) is 6.04 Å². The van der Waals surface area contributed by atoms with Gasteiger partial charge in [0.2, 0.25) is 0 Å². The molecule has 0 aliphatic heterocycles. The monoisotopic (exact) mass is 184 g/mol. The lowest BCUT2D eigenvalue weighted by Gasteiger charge is -2.12. The molecule has 0 aromatic heterocycles.